The summed E-state index contributed by atoms with van der Waals surface area (Å²) < 4.78 is 25.6. The van der Waals surface area contributed by atoms with Crippen molar-refractivity contribution in [2.45, 2.75) is 32.2 Å². The van der Waals surface area contributed by atoms with E-state index in [0.29, 0.717) is 12.5 Å². The minimum atomic E-state index is -3.38. The zero-order valence-electron chi connectivity index (χ0n) is 13.7. The summed E-state index contributed by atoms with van der Waals surface area (Å²) in [5, 5.41) is 6.45. The first-order valence-corrected chi connectivity index (χ1v) is 8.92. The first-order valence-electron chi connectivity index (χ1n) is 7.43. The van der Waals surface area contributed by atoms with E-state index in [1.807, 2.05) is 6.92 Å². The quantitative estimate of drug-likeness (QED) is 0.521. The van der Waals surface area contributed by atoms with E-state index >= 15 is 0 Å². The maximum absolute atomic E-state index is 11.7. The highest BCUT2D eigenvalue weighted by atomic mass is 32.2. The minimum Gasteiger partial charge on any atom is -0.357 e. The maximum atomic E-state index is 11.7. The van der Waals surface area contributed by atoms with E-state index in [1.54, 1.807) is 24.3 Å². The molecule has 0 unspecified atom stereocenters. The van der Waals surface area contributed by atoms with E-state index in [1.165, 1.54) is 7.05 Å². The number of hydrogen-bond acceptors (Lipinski definition) is 3. The number of hydrogen-bond donors (Lipinski definition) is 3. The van der Waals surface area contributed by atoms with Crippen molar-refractivity contribution >= 4 is 16.0 Å². The molecule has 0 heterocycles. The van der Waals surface area contributed by atoms with Crippen molar-refractivity contribution in [3.05, 3.63) is 29.8 Å². The van der Waals surface area contributed by atoms with Crippen LogP contribution >= 0.6 is 0 Å². The summed E-state index contributed by atoms with van der Waals surface area (Å²) >= 11 is 0. The number of rotatable bonds is 7. The van der Waals surface area contributed by atoms with E-state index in [-0.39, 0.29) is 4.90 Å². The molecule has 0 bridgehead atoms. The van der Waals surface area contributed by atoms with E-state index < -0.39 is 10.0 Å². The molecule has 0 saturated carbocycles. The molecule has 0 amide bonds. The predicted octanol–water partition coefficient (Wildman–Crippen LogP) is 1.31. The van der Waals surface area contributed by atoms with E-state index in [4.69, 9.17) is 0 Å². The van der Waals surface area contributed by atoms with Crippen LogP contribution in [0, 0.1) is 5.92 Å². The molecule has 7 heteroatoms. The van der Waals surface area contributed by atoms with Gasteiger partial charge in [0, 0.05) is 13.1 Å². The Balaban J connectivity index is 2.74. The lowest BCUT2D eigenvalue weighted by molar-refractivity contribution is 0.588. The average Bonchev–Trinajstić information content (AvgIpc) is 2.50. The Labute approximate surface area is 133 Å². The summed E-state index contributed by atoms with van der Waals surface area (Å²) in [5.74, 6) is 1.30. The van der Waals surface area contributed by atoms with Gasteiger partial charge in [0.25, 0.3) is 0 Å². The second-order valence-corrected chi connectivity index (χ2v) is 7.21. The molecule has 6 nitrogen and oxygen atoms in total. The number of nitrogens with zero attached hydrogens (tertiary/aromatic N) is 1. The highest BCUT2D eigenvalue weighted by Crippen LogP contribution is 2.10. The lowest BCUT2D eigenvalue weighted by Gasteiger charge is -2.13. The first kappa shape index (κ1) is 18.4. The standard InChI is InChI=1S/C15H26N4O2S/c1-5-17-15(18-10-12(2)3)19-11-13-6-8-14(9-7-13)22(20,21)16-4/h6-9,12,16H,5,10-11H2,1-4H3,(H2,17,18,19). The Kier molecular flexibility index (Phi) is 7.34. The Morgan fingerprint density at radius 2 is 1.82 bits per heavy atom. The number of benzene rings is 1. The summed E-state index contributed by atoms with van der Waals surface area (Å²) in [4.78, 5) is 4.75. The number of nitrogens with one attached hydrogen (secondary N) is 3. The first-order chi connectivity index (χ1) is 10.4. The lowest BCUT2D eigenvalue weighted by atomic mass is 10.2. The van der Waals surface area contributed by atoms with Gasteiger partial charge >= 0.3 is 0 Å². The van der Waals surface area contributed by atoms with Crippen LogP contribution in [0.4, 0.5) is 0 Å². The molecule has 3 N–H and O–H groups in total. The van der Waals surface area contributed by atoms with Crippen molar-refractivity contribution in [3.8, 4) is 0 Å². The monoisotopic (exact) mass is 326 g/mol. The zero-order chi connectivity index (χ0) is 16.6. The Bertz CT molecular complexity index is 580. The van der Waals surface area contributed by atoms with Gasteiger partial charge in [0.05, 0.1) is 11.4 Å². The molecule has 0 aliphatic rings. The van der Waals surface area contributed by atoms with E-state index in [9.17, 15) is 8.42 Å². The summed E-state index contributed by atoms with van der Waals surface area (Å²) in [6.07, 6.45) is 0. The van der Waals surface area contributed by atoms with Crippen molar-refractivity contribution in [1.82, 2.24) is 15.4 Å². The highest BCUT2D eigenvalue weighted by molar-refractivity contribution is 7.89. The molecule has 0 aliphatic carbocycles. The number of aliphatic imine (C=N–C) groups is 1. The molecule has 124 valence electrons. The van der Waals surface area contributed by atoms with Gasteiger partial charge in [-0.3, -0.25) is 0 Å². The van der Waals surface area contributed by atoms with Gasteiger partial charge in [-0.25, -0.2) is 18.1 Å². The molecule has 1 aromatic rings. The number of guanidine groups is 1. The van der Waals surface area contributed by atoms with Crippen LogP contribution in [-0.4, -0.2) is 34.5 Å². The average molecular weight is 326 g/mol. The largest absolute Gasteiger partial charge is 0.357 e. The van der Waals surface area contributed by atoms with Crippen LogP contribution in [0.5, 0.6) is 0 Å². The summed E-state index contributed by atoms with van der Waals surface area (Å²) in [6, 6.07) is 6.73. The van der Waals surface area contributed by atoms with Gasteiger partial charge in [0.2, 0.25) is 10.0 Å². The van der Waals surface area contributed by atoms with Crippen molar-refractivity contribution in [1.29, 1.82) is 0 Å². The summed E-state index contributed by atoms with van der Waals surface area (Å²) in [6.45, 7) is 8.43. The van der Waals surface area contributed by atoms with E-state index in [2.05, 4.69) is 34.2 Å². The van der Waals surface area contributed by atoms with Gasteiger partial charge in [-0.2, -0.15) is 0 Å². The Hall–Kier alpha value is -1.60. The highest BCUT2D eigenvalue weighted by Gasteiger charge is 2.10. The zero-order valence-corrected chi connectivity index (χ0v) is 14.5. The fourth-order valence-corrected chi connectivity index (χ4v) is 2.43. The van der Waals surface area contributed by atoms with Crippen molar-refractivity contribution in [3.63, 3.8) is 0 Å². The van der Waals surface area contributed by atoms with Crippen LogP contribution in [0.3, 0.4) is 0 Å². The summed E-state index contributed by atoms with van der Waals surface area (Å²) in [7, 11) is -1.98. The molecule has 0 saturated heterocycles. The predicted molar refractivity (Wildman–Crippen MR) is 90.3 cm³/mol. The van der Waals surface area contributed by atoms with Crippen LogP contribution in [-0.2, 0) is 16.6 Å². The van der Waals surface area contributed by atoms with Crippen LogP contribution < -0.4 is 15.4 Å². The Morgan fingerprint density at radius 1 is 1.18 bits per heavy atom. The maximum Gasteiger partial charge on any atom is 0.240 e. The van der Waals surface area contributed by atoms with Gasteiger partial charge in [-0.1, -0.05) is 26.0 Å². The van der Waals surface area contributed by atoms with Gasteiger partial charge in [-0.15, -0.1) is 0 Å². The lowest BCUT2D eigenvalue weighted by Crippen LogP contribution is -2.39. The molecule has 0 radical (unpaired) electrons. The molecule has 0 spiro atoms. The second-order valence-electron chi connectivity index (χ2n) is 5.32. The van der Waals surface area contributed by atoms with Gasteiger partial charge in [0.15, 0.2) is 5.96 Å². The van der Waals surface area contributed by atoms with Gasteiger partial charge in [-0.05, 0) is 37.6 Å². The number of sulfonamides is 1. The minimum absolute atomic E-state index is 0.257. The van der Waals surface area contributed by atoms with Crippen molar-refractivity contribution in [2.75, 3.05) is 20.1 Å². The normalized spacial score (nSPS) is 12.5. The smallest absolute Gasteiger partial charge is 0.240 e. The SMILES string of the molecule is CCNC(=NCc1ccc(S(=O)(=O)NC)cc1)NCC(C)C. The second kappa shape index (κ2) is 8.75. The summed E-state index contributed by atoms with van der Waals surface area (Å²) in [5.41, 5.74) is 0.955. The molecule has 22 heavy (non-hydrogen) atoms. The van der Waals surface area contributed by atoms with Crippen LogP contribution in [0.1, 0.15) is 26.3 Å². The molecule has 0 aromatic heterocycles. The fourth-order valence-electron chi connectivity index (χ4n) is 1.70. The van der Waals surface area contributed by atoms with E-state index in [0.717, 1.165) is 24.6 Å². The van der Waals surface area contributed by atoms with Crippen molar-refractivity contribution < 1.29 is 8.42 Å². The van der Waals surface area contributed by atoms with Crippen molar-refractivity contribution in [2.24, 2.45) is 10.9 Å². The van der Waals surface area contributed by atoms with Gasteiger partial charge in [0.1, 0.15) is 0 Å². The third kappa shape index (κ3) is 6.03. The third-order valence-corrected chi connectivity index (χ3v) is 4.37. The fraction of sp³-hybridized carbons (Fsp3) is 0.533. The molecule has 1 rings (SSSR count). The molecule has 0 aliphatic heterocycles. The van der Waals surface area contributed by atoms with Crippen LogP contribution in [0.15, 0.2) is 34.2 Å². The topological polar surface area (TPSA) is 82.6 Å². The Morgan fingerprint density at radius 3 is 2.32 bits per heavy atom. The molecule has 0 atom stereocenters. The van der Waals surface area contributed by atoms with Crippen LogP contribution in [0.25, 0.3) is 0 Å². The molecule has 0 fully saturated rings. The molecular formula is C15H26N4O2S. The molecule has 1 aromatic carbocycles. The third-order valence-electron chi connectivity index (χ3n) is 2.94. The molecular weight excluding hydrogens is 300 g/mol. The van der Waals surface area contributed by atoms with Crippen LogP contribution in [0.2, 0.25) is 0 Å². The van der Waals surface area contributed by atoms with Gasteiger partial charge < -0.3 is 10.6 Å².